The molecule has 0 fully saturated rings. The molecule has 0 amide bonds. The minimum Gasteiger partial charge on any atom is -0.0843 e. The first-order chi connectivity index (χ1) is 14.6. The van der Waals surface area contributed by atoms with Gasteiger partial charge in [-0.15, -0.1) is 0 Å². The Kier molecular flexibility index (Phi) is 3.67. The van der Waals surface area contributed by atoms with E-state index in [9.17, 15) is 0 Å². The largest absolute Gasteiger partial charge is 0.0843 e. The smallest absolute Gasteiger partial charge is 0.0412 e. The molecule has 0 atom stereocenters. The lowest BCUT2D eigenvalue weighted by molar-refractivity contribution is 0.663. The number of benzene rings is 5. The summed E-state index contributed by atoms with van der Waals surface area (Å²) in [4.78, 5) is 0. The molecule has 1 heteroatoms. The quantitative estimate of drug-likeness (QED) is 0.262. The molecule has 144 valence electrons. The summed E-state index contributed by atoms with van der Waals surface area (Å²) < 4.78 is 0. The van der Waals surface area contributed by atoms with Crippen LogP contribution in [-0.4, -0.2) is 0 Å². The van der Waals surface area contributed by atoms with Gasteiger partial charge in [-0.25, -0.2) is 0 Å². The van der Waals surface area contributed by atoms with Gasteiger partial charge in [-0.1, -0.05) is 98.2 Å². The van der Waals surface area contributed by atoms with Crippen LogP contribution in [-0.2, 0) is 5.41 Å². The highest BCUT2D eigenvalue weighted by Crippen LogP contribution is 2.56. The third-order valence-corrected chi connectivity index (χ3v) is 6.89. The van der Waals surface area contributed by atoms with Gasteiger partial charge in [0.25, 0.3) is 0 Å². The Morgan fingerprint density at radius 1 is 0.633 bits per heavy atom. The molecule has 0 radical (unpaired) electrons. The van der Waals surface area contributed by atoms with Crippen LogP contribution in [0.25, 0.3) is 43.8 Å². The summed E-state index contributed by atoms with van der Waals surface area (Å²) >= 11 is 6.44. The molecule has 5 aromatic carbocycles. The zero-order chi connectivity index (χ0) is 20.5. The van der Waals surface area contributed by atoms with Crippen molar-refractivity contribution in [3.8, 4) is 22.3 Å². The molecule has 0 unspecified atom stereocenters. The number of fused-ring (bicyclic) bond motifs is 6. The van der Waals surface area contributed by atoms with E-state index in [4.69, 9.17) is 11.6 Å². The fourth-order valence-corrected chi connectivity index (χ4v) is 5.55. The highest BCUT2D eigenvalue weighted by Gasteiger charge is 2.39. The van der Waals surface area contributed by atoms with Gasteiger partial charge in [0.05, 0.1) is 0 Å². The van der Waals surface area contributed by atoms with Gasteiger partial charge in [-0.3, -0.25) is 0 Å². The topological polar surface area (TPSA) is 0 Å². The van der Waals surface area contributed by atoms with Gasteiger partial charge in [0.15, 0.2) is 0 Å². The first kappa shape index (κ1) is 17.7. The van der Waals surface area contributed by atoms with Gasteiger partial charge in [-0.05, 0) is 73.1 Å². The minimum atomic E-state index is -0.101. The Morgan fingerprint density at radius 3 is 2.10 bits per heavy atom. The second-order valence-electron chi connectivity index (χ2n) is 8.74. The van der Waals surface area contributed by atoms with E-state index in [0.717, 1.165) is 5.02 Å². The van der Waals surface area contributed by atoms with Gasteiger partial charge in [0, 0.05) is 10.4 Å². The summed E-state index contributed by atoms with van der Waals surface area (Å²) in [5, 5.41) is 5.94. The maximum absolute atomic E-state index is 6.44. The lowest BCUT2D eigenvalue weighted by Gasteiger charge is -2.26. The molecule has 0 heterocycles. The zero-order valence-corrected chi connectivity index (χ0v) is 17.8. The molecular formula is C29H21Cl. The van der Waals surface area contributed by atoms with Crippen molar-refractivity contribution in [2.24, 2.45) is 0 Å². The van der Waals surface area contributed by atoms with Crippen molar-refractivity contribution in [1.82, 2.24) is 0 Å². The summed E-state index contributed by atoms with van der Waals surface area (Å²) in [6.07, 6.45) is 0. The third-order valence-electron chi connectivity index (χ3n) is 6.66. The average molecular weight is 405 g/mol. The van der Waals surface area contributed by atoms with Crippen molar-refractivity contribution < 1.29 is 0 Å². The summed E-state index contributed by atoms with van der Waals surface area (Å²) in [7, 11) is 0. The van der Waals surface area contributed by atoms with Crippen LogP contribution < -0.4 is 0 Å². The van der Waals surface area contributed by atoms with Gasteiger partial charge >= 0.3 is 0 Å². The molecular weight excluding hydrogens is 384 g/mol. The average Bonchev–Trinajstić information content (AvgIpc) is 2.99. The number of hydrogen-bond donors (Lipinski definition) is 0. The van der Waals surface area contributed by atoms with E-state index in [1.165, 1.54) is 54.9 Å². The summed E-state index contributed by atoms with van der Waals surface area (Å²) in [6, 6.07) is 32.7. The predicted octanol–water partition coefficient (Wildman–Crippen LogP) is 8.62. The van der Waals surface area contributed by atoms with Crippen LogP contribution in [0, 0.1) is 0 Å². The second-order valence-corrected chi connectivity index (χ2v) is 9.18. The predicted molar refractivity (Wildman–Crippen MR) is 129 cm³/mol. The Morgan fingerprint density at radius 2 is 1.33 bits per heavy atom. The highest BCUT2D eigenvalue weighted by molar-refractivity contribution is 6.31. The van der Waals surface area contributed by atoms with E-state index in [0.29, 0.717) is 0 Å². The van der Waals surface area contributed by atoms with Crippen LogP contribution in [0.1, 0.15) is 25.0 Å². The molecule has 30 heavy (non-hydrogen) atoms. The molecule has 0 aliphatic heterocycles. The Balaban J connectivity index is 1.84. The van der Waals surface area contributed by atoms with Gasteiger partial charge in [0.1, 0.15) is 0 Å². The van der Waals surface area contributed by atoms with Crippen LogP contribution in [0.15, 0.2) is 91.0 Å². The van der Waals surface area contributed by atoms with E-state index in [-0.39, 0.29) is 5.41 Å². The Labute approximate surface area is 181 Å². The Bertz CT molecular complexity index is 1470. The van der Waals surface area contributed by atoms with E-state index >= 15 is 0 Å². The van der Waals surface area contributed by atoms with Crippen molar-refractivity contribution in [3.63, 3.8) is 0 Å². The molecule has 1 aliphatic rings. The maximum atomic E-state index is 6.44. The zero-order valence-electron chi connectivity index (χ0n) is 17.0. The van der Waals surface area contributed by atoms with Crippen molar-refractivity contribution >= 4 is 33.1 Å². The van der Waals surface area contributed by atoms with E-state index in [2.05, 4.69) is 98.8 Å². The third kappa shape index (κ3) is 2.35. The molecule has 0 bridgehead atoms. The normalized spacial score (nSPS) is 14.1. The highest BCUT2D eigenvalue weighted by atomic mass is 35.5. The van der Waals surface area contributed by atoms with Crippen LogP contribution >= 0.6 is 11.6 Å². The van der Waals surface area contributed by atoms with Crippen molar-refractivity contribution in [2.75, 3.05) is 0 Å². The molecule has 0 spiro atoms. The molecule has 0 aromatic heterocycles. The first-order valence-corrected chi connectivity index (χ1v) is 10.8. The number of hydrogen-bond acceptors (Lipinski definition) is 0. The maximum Gasteiger partial charge on any atom is 0.0412 e. The van der Waals surface area contributed by atoms with Crippen LogP contribution in [0.2, 0.25) is 5.02 Å². The van der Waals surface area contributed by atoms with E-state index in [1.807, 2.05) is 6.07 Å². The Hall–Kier alpha value is -3.09. The molecule has 5 aromatic rings. The van der Waals surface area contributed by atoms with E-state index < -0.39 is 0 Å². The van der Waals surface area contributed by atoms with Crippen LogP contribution in [0.5, 0.6) is 0 Å². The number of halogens is 1. The molecule has 0 saturated carbocycles. The van der Waals surface area contributed by atoms with E-state index in [1.54, 1.807) is 0 Å². The standard InChI is InChI=1S/C29H21Cl/c1-29(2)25-15-14-18-8-3-5-12-22(18)27(25)24-17-19-9-4-6-13-23(19)26(28(24)29)20-10-7-11-21(30)16-20/h3-17H,1-2H3. The molecule has 0 N–H and O–H groups in total. The first-order valence-electron chi connectivity index (χ1n) is 10.4. The van der Waals surface area contributed by atoms with Crippen LogP contribution in [0.3, 0.4) is 0 Å². The summed E-state index contributed by atoms with van der Waals surface area (Å²) in [6.45, 7) is 4.71. The molecule has 6 rings (SSSR count). The molecule has 0 nitrogen and oxygen atoms in total. The fraction of sp³-hybridized carbons (Fsp3) is 0.103. The monoisotopic (exact) mass is 404 g/mol. The lowest BCUT2D eigenvalue weighted by Crippen LogP contribution is -2.16. The van der Waals surface area contributed by atoms with Gasteiger partial charge in [0.2, 0.25) is 0 Å². The fourth-order valence-electron chi connectivity index (χ4n) is 5.35. The molecule has 0 saturated heterocycles. The second kappa shape index (κ2) is 6.20. The summed E-state index contributed by atoms with van der Waals surface area (Å²) in [5.74, 6) is 0. The van der Waals surface area contributed by atoms with Gasteiger partial charge in [-0.2, -0.15) is 0 Å². The lowest BCUT2D eigenvalue weighted by atomic mass is 9.77. The number of rotatable bonds is 1. The summed E-state index contributed by atoms with van der Waals surface area (Å²) in [5.41, 5.74) is 7.90. The van der Waals surface area contributed by atoms with Crippen LogP contribution in [0.4, 0.5) is 0 Å². The van der Waals surface area contributed by atoms with Crippen molar-refractivity contribution in [2.45, 2.75) is 19.3 Å². The van der Waals surface area contributed by atoms with Crippen molar-refractivity contribution in [1.29, 1.82) is 0 Å². The molecule has 1 aliphatic carbocycles. The van der Waals surface area contributed by atoms with Gasteiger partial charge < -0.3 is 0 Å². The van der Waals surface area contributed by atoms with Crippen molar-refractivity contribution in [3.05, 3.63) is 107 Å². The minimum absolute atomic E-state index is 0.101. The SMILES string of the molecule is CC1(C)c2ccc3ccccc3c2-c2cc3ccccc3c(-c3cccc(Cl)c3)c21.